The number of nitrogens with zero attached hydrogens (tertiary/aromatic N) is 2. The fourth-order valence-corrected chi connectivity index (χ4v) is 3.67. The highest BCUT2D eigenvalue weighted by Crippen LogP contribution is 2.33. The second kappa shape index (κ2) is 6.65. The summed E-state index contributed by atoms with van der Waals surface area (Å²) in [6.07, 6.45) is 1.71. The summed E-state index contributed by atoms with van der Waals surface area (Å²) >= 11 is 1.04. The molecule has 3 aromatic carbocycles. The molecule has 1 heterocycles. The summed E-state index contributed by atoms with van der Waals surface area (Å²) in [4.78, 5) is 16.2. The monoisotopic (exact) mass is 361 g/mol. The lowest BCUT2D eigenvalue weighted by Gasteiger charge is -2.09. The summed E-state index contributed by atoms with van der Waals surface area (Å²) in [6.45, 7) is 1.78. The first kappa shape index (κ1) is 16.4. The van der Waals surface area contributed by atoms with Crippen LogP contribution in [0.1, 0.15) is 11.4 Å². The molecular formula is C20H15N3O2S. The Morgan fingerprint density at radius 3 is 2.23 bits per heavy atom. The second-order valence-corrected chi connectivity index (χ2v) is 6.86. The molecule has 0 aliphatic heterocycles. The molecule has 4 rings (SSSR count). The maximum absolute atomic E-state index is 11.8. The highest BCUT2D eigenvalue weighted by Gasteiger charge is 2.15. The van der Waals surface area contributed by atoms with E-state index in [1.54, 1.807) is 13.0 Å². The van der Waals surface area contributed by atoms with Gasteiger partial charge >= 0.3 is 5.97 Å². The average molecular weight is 361 g/mol. The van der Waals surface area contributed by atoms with E-state index in [9.17, 15) is 9.90 Å². The third-order valence-corrected chi connectivity index (χ3v) is 4.95. The molecule has 0 atom stereocenters. The van der Waals surface area contributed by atoms with Crippen LogP contribution in [0.25, 0.3) is 27.6 Å². The number of thioether (sulfide) groups is 1. The Bertz CT molecular complexity index is 1110. The molecule has 0 fully saturated rings. The van der Waals surface area contributed by atoms with Gasteiger partial charge in [0, 0.05) is 0 Å². The van der Waals surface area contributed by atoms with Gasteiger partial charge < -0.3 is 5.11 Å². The lowest BCUT2D eigenvalue weighted by atomic mass is 9.96. The van der Waals surface area contributed by atoms with Crippen LogP contribution in [0.4, 0.5) is 0 Å². The lowest BCUT2D eigenvalue weighted by Crippen LogP contribution is -1.98. The van der Waals surface area contributed by atoms with E-state index < -0.39 is 5.97 Å². The Balaban J connectivity index is 1.94. The molecule has 0 saturated carbocycles. The molecule has 0 radical (unpaired) electrons. The molecule has 1 aromatic heterocycles. The zero-order chi connectivity index (χ0) is 18.1. The minimum absolute atomic E-state index is 0.172. The molecule has 0 aliphatic carbocycles. The molecule has 0 saturated heterocycles. The Hall–Kier alpha value is -3.12. The van der Waals surface area contributed by atoms with Crippen LogP contribution in [0.3, 0.4) is 0 Å². The van der Waals surface area contributed by atoms with Crippen LogP contribution >= 0.6 is 11.8 Å². The van der Waals surface area contributed by atoms with Gasteiger partial charge in [-0.3, -0.25) is 5.10 Å². The number of carboxylic acids is 1. The minimum Gasteiger partial charge on any atom is -0.477 e. The molecule has 4 aromatic rings. The maximum atomic E-state index is 11.8. The number of hydrogen-bond acceptors (Lipinski definition) is 4. The van der Waals surface area contributed by atoms with E-state index in [-0.39, 0.29) is 4.91 Å². The van der Waals surface area contributed by atoms with Crippen LogP contribution in [-0.4, -0.2) is 26.3 Å². The number of benzene rings is 3. The first-order chi connectivity index (χ1) is 12.6. The van der Waals surface area contributed by atoms with Crippen LogP contribution in [0.2, 0.25) is 0 Å². The smallest absolute Gasteiger partial charge is 0.342 e. The summed E-state index contributed by atoms with van der Waals surface area (Å²) in [7, 11) is 0. The van der Waals surface area contributed by atoms with Gasteiger partial charge in [-0.15, -0.1) is 5.10 Å². The molecule has 0 amide bonds. The normalized spacial score (nSPS) is 12.0. The number of fused-ring (bicyclic) bond motifs is 2. The quantitative estimate of drug-likeness (QED) is 0.314. The van der Waals surface area contributed by atoms with E-state index in [1.807, 2.05) is 48.5 Å². The SMILES string of the molecule is Cc1nc(S/C(=C\c2c3ccccc3cc3ccccc23)C(=O)O)n[nH]1. The fourth-order valence-electron chi connectivity index (χ4n) is 2.94. The Labute approximate surface area is 153 Å². The van der Waals surface area contributed by atoms with Gasteiger partial charge in [-0.05, 0) is 57.9 Å². The highest BCUT2D eigenvalue weighted by molar-refractivity contribution is 8.04. The number of carboxylic acid groups (broad SMARTS) is 1. The number of carbonyl (C=O) groups is 1. The second-order valence-electron chi connectivity index (χ2n) is 5.85. The molecule has 5 nitrogen and oxygen atoms in total. The topological polar surface area (TPSA) is 78.9 Å². The predicted octanol–water partition coefficient (Wildman–Crippen LogP) is 4.64. The third kappa shape index (κ3) is 3.07. The Morgan fingerprint density at radius 2 is 1.69 bits per heavy atom. The largest absolute Gasteiger partial charge is 0.477 e. The molecular weight excluding hydrogens is 346 g/mol. The molecule has 0 spiro atoms. The first-order valence-electron chi connectivity index (χ1n) is 8.04. The van der Waals surface area contributed by atoms with E-state index in [0.29, 0.717) is 11.0 Å². The van der Waals surface area contributed by atoms with Gasteiger partial charge in [-0.2, -0.15) is 0 Å². The van der Waals surface area contributed by atoms with E-state index >= 15 is 0 Å². The summed E-state index contributed by atoms with van der Waals surface area (Å²) in [5.74, 6) is -0.359. The third-order valence-electron chi connectivity index (χ3n) is 4.08. The summed E-state index contributed by atoms with van der Waals surface area (Å²) in [6, 6.07) is 18.1. The van der Waals surface area contributed by atoms with Crippen LogP contribution in [-0.2, 0) is 4.79 Å². The summed E-state index contributed by atoms with van der Waals surface area (Å²) in [5, 5.41) is 21.0. The summed E-state index contributed by atoms with van der Waals surface area (Å²) in [5.41, 5.74) is 0.885. The van der Waals surface area contributed by atoms with Crippen molar-refractivity contribution >= 4 is 45.4 Å². The number of H-pyrrole nitrogens is 1. The molecule has 0 unspecified atom stereocenters. The van der Waals surface area contributed by atoms with Crippen LogP contribution < -0.4 is 0 Å². The van der Waals surface area contributed by atoms with Crippen molar-refractivity contribution in [3.05, 3.63) is 70.9 Å². The van der Waals surface area contributed by atoms with Crippen molar-refractivity contribution in [2.45, 2.75) is 12.1 Å². The van der Waals surface area contributed by atoms with Crippen molar-refractivity contribution in [1.29, 1.82) is 0 Å². The number of nitrogens with one attached hydrogen (secondary N) is 1. The molecule has 26 heavy (non-hydrogen) atoms. The zero-order valence-corrected chi connectivity index (χ0v) is 14.7. The number of hydrogen-bond donors (Lipinski definition) is 2. The predicted molar refractivity (Wildman–Crippen MR) is 104 cm³/mol. The van der Waals surface area contributed by atoms with Crippen LogP contribution in [0.5, 0.6) is 0 Å². The van der Waals surface area contributed by atoms with Crippen molar-refractivity contribution in [3.8, 4) is 0 Å². The van der Waals surface area contributed by atoms with Crippen molar-refractivity contribution in [2.75, 3.05) is 0 Å². The van der Waals surface area contributed by atoms with Crippen LogP contribution in [0.15, 0.2) is 64.7 Å². The Kier molecular flexibility index (Phi) is 4.18. The van der Waals surface area contributed by atoms with Gasteiger partial charge in [-0.25, -0.2) is 9.78 Å². The van der Waals surface area contributed by atoms with Crippen molar-refractivity contribution < 1.29 is 9.90 Å². The van der Waals surface area contributed by atoms with Crippen molar-refractivity contribution in [3.63, 3.8) is 0 Å². The number of aliphatic carboxylic acids is 1. The number of rotatable bonds is 4. The molecule has 6 heteroatoms. The molecule has 2 N–H and O–H groups in total. The lowest BCUT2D eigenvalue weighted by molar-refractivity contribution is -0.131. The van der Waals surface area contributed by atoms with Gasteiger partial charge in [0.15, 0.2) is 0 Å². The fraction of sp³-hybridized carbons (Fsp3) is 0.0500. The van der Waals surface area contributed by atoms with Gasteiger partial charge in [0.2, 0.25) is 5.16 Å². The standard InChI is InChI=1S/C20H15N3O2S/c1-12-21-20(23-22-12)26-18(19(24)25)11-17-15-8-4-2-6-13(15)10-14-7-3-5-9-16(14)17/h2-11H,1H3,(H,24,25)(H,21,22,23)/b18-11-. The number of aromatic nitrogens is 3. The van der Waals surface area contributed by atoms with E-state index in [0.717, 1.165) is 38.9 Å². The van der Waals surface area contributed by atoms with Gasteiger partial charge in [0.05, 0.1) is 0 Å². The summed E-state index contributed by atoms with van der Waals surface area (Å²) < 4.78 is 0. The van der Waals surface area contributed by atoms with Crippen molar-refractivity contribution in [2.24, 2.45) is 0 Å². The van der Waals surface area contributed by atoms with E-state index in [4.69, 9.17) is 0 Å². The van der Waals surface area contributed by atoms with E-state index in [2.05, 4.69) is 21.2 Å². The van der Waals surface area contributed by atoms with Crippen LogP contribution in [0, 0.1) is 6.92 Å². The first-order valence-corrected chi connectivity index (χ1v) is 8.86. The number of aryl methyl sites for hydroxylation is 1. The van der Waals surface area contributed by atoms with E-state index in [1.165, 1.54) is 0 Å². The van der Waals surface area contributed by atoms with Crippen molar-refractivity contribution in [1.82, 2.24) is 15.2 Å². The molecule has 128 valence electrons. The van der Waals surface area contributed by atoms with Gasteiger partial charge in [-0.1, -0.05) is 48.5 Å². The van der Waals surface area contributed by atoms with Gasteiger partial charge in [0.25, 0.3) is 0 Å². The average Bonchev–Trinajstić information content (AvgIpc) is 3.05. The molecule has 0 aliphatic rings. The minimum atomic E-state index is -1.01. The maximum Gasteiger partial charge on any atom is 0.342 e. The Morgan fingerprint density at radius 1 is 1.08 bits per heavy atom. The molecule has 0 bridgehead atoms. The number of aromatic amines is 1. The van der Waals surface area contributed by atoms with Gasteiger partial charge in [0.1, 0.15) is 10.7 Å². The highest BCUT2D eigenvalue weighted by atomic mass is 32.2. The zero-order valence-electron chi connectivity index (χ0n) is 13.9.